The zero-order valence-corrected chi connectivity index (χ0v) is 15.5. The normalized spacial score (nSPS) is 17.3. The van der Waals surface area contributed by atoms with Gasteiger partial charge >= 0.3 is 6.03 Å². The van der Waals surface area contributed by atoms with E-state index in [9.17, 15) is 4.79 Å². The van der Waals surface area contributed by atoms with Gasteiger partial charge in [0, 0.05) is 32.8 Å². The van der Waals surface area contributed by atoms with Crippen molar-refractivity contribution in [3.05, 3.63) is 34.9 Å². The fourth-order valence-electron chi connectivity index (χ4n) is 2.83. The lowest BCUT2D eigenvalue weighted by atomic mass is 10.1. The van der Waals surface area contributed by atoms with E-state index >= 15 is 0 Å². The van der Waals surface area contributed by atoms with Crippen LogP contribution in [-0.2, 0) is 11.3 Å². The zero-order chi connectivity index (χ0) is 17.5. The second kappa shape index (κ2) is 9.04. The number of benzene rings is 1. The summed E-state index contributed by atoms with van der Waals surface area (Å²) in [7, 11) is 4.05. The largest absolute Gasteiger partial charge is 0.376 e. The van der Waals surface area contributed by atoms with Crippen molar-refractivity contribution in [2.24, 2.45) is 0 Å². The van der Waals surface area contributed by atoms with Crippen molar-refractivity contribution in [3.63, 3.8) is 0 Å². The van der Waals surface area contributed by atoms with Crippen LogP contribution in [0.2, 0.25) is 0 Å². The Labute approximate surface area is 146 Å². The van der Waals surface area contributed by atoms with Crippen LogP contribution >= 0.6 is 0 Å². The number of nitrogens with zero attached hydrogens (tertiary/aromatic N) is 2. The molecule has 1 aromatic carbocycles. The minimum Gasteiger partial charge on any atom is -0.376 e. The number of carbonyl (C=O) groups excluding carboxylic acids is 1. The van der Waals surface area contributed by atoms with Gasteiger partial charge in [-0.1, -0.05) is 18.2 Å². The van der Waals surface area contributed by atoms with Gasteiger partial charge in [0.05, 0.1) is 6.10 Å². The molecule has 0 spiro atoms. The van der Waals surface area contributed by atoms with E-state index in [0.717, 1.165) is 31.6 Å². The Bertz CT molecular complexity index is 539. The zero-order valence-electron chi connectivity index (χ0n) is 15.5. The number of aryl methyl sites for hydroxylation is 2. The summed E-state index contributed by atoms with van der Waals surface area (Å²) >= 11 is 0. The molecule has 0 unspecified atom stereocenters. The molecule has 0 radical (unpaired) electrons. The molecule has 1 fully saturated rings. The van der Waals surface area contributed by atoms with Gasteiger partial charge in [0.1, 0.15) is 0 Å². The number of hydrogen-bond acceptors (Lipinski definition) is 3. The molecule has 1 N–H and O–H groups in total. The van der Waals surface area contributed by atoms with Crippen molar-refractivity contribution < 1.29 is 9.53 Å². The predicted molar refractivity (Wildman–Crippen MR) is 97.3 cm³/mol. The maximum Gasteiger partial charge on any atom is 0.317 e. The van der Waals surface area contributed by atoms with E-state index in [1.165, 1.54) is 11.1 Å². The summed E-state index contributed by atoms with van der Waals surface area (Å²) in [6.45, 7) is 7.81. The Hall–Kier alpha value is -1.59. The molecule has 0 aromatic heterocycles. The van der Waals surface area contributed by atoms with E-state index in [4.69, 9.17) is 4.74 Å². The van der Waals surface area contributed by atoms with E-state index in [-0.39, 0.29) is 12.1 Å². The molecule has 2 amide bonds. The first kappa shape index (κ1) is 18.7. The monoisotopic (exact) mass is 333 g/mol. The van der Waals surface area contributed by atoms with E-state index in [1.54, 1.807) is 0 Å². The highest BCUT2D eigenvalue weighted by molar-refractivity contribution is 5.74. The summed E-state index contributed by atoms with van der Waals surface area (Å²) in [6, 6.07) is 6.31. The standard InChI is InChI=1S/C19H31N3O2/c1-15-7-8-17(12-16(15)2)13-20-19(23)22(10-9-21(3)4)14-18-6-5-11-24-18/h7-8,12,18H,5-6,9-11,13-14H2,1-4H3,(H,20,23)/t18-/m0/s1. The van der Waals surface area contributed by atoms with E-state index in [1.807, 2.05) is 19.0 Å². The third-order valence-corrected chi connectivity index (χ3v) is 4.57. The van der Waals surface area contributed by atoms with E-state index in [2.05, 4.69) is 42.3 Å². The molecule has 0 saturated carbocycles. The summed E-state index contributed by atoms with van der Waals surface area (Å²) in [6.07, 6.45) is 2.32. The SMILES string of the molecule is Cc1ccc(CNC(=O)N(CCN(C)C)C[C@@H]2CCCO2)cc1C. The first-order valence-corrected chi connectivity index (χ1v) is 8.81. The minimum absolute atomic E-state index is 0.00872. The number of hydrogen-bond donors (Lipinski definition) is 1. The summed E-state index contributed by atoms with van der Waals surface area (Å²) in [4.78, 5) is 16.6. The molecular weight excluding hydrogens is 302 g/mol. The first-order chi connectivity index (χ1) is 11.5. The smallest absolute Gasteiger partial charge is 0.317 e. The van der Waals surface area contributed by atoms with Crippen molar-refractivity contribution in [3.8, 4) is 0 Å². The van der Waals surface area contributed by atoms with Gasteiger partial charge < -0.3 is 19.9 Å². The number of urea groups is 1. The molecular formula is C19H31N3O2. The van der Waals surface area contributed by atoms with Crippen molar-refractivity contribution in [1.29, 1.82) is 0 Å². The van der Waals surface area contributed by atoms with Gasteiger partial charge in [-0.3, -0.25) is 0 Å². The van der Waals surface area contributed by atoms with Crippen LogP contribution in [0.25, 0.3) is 0 Å². The third kappa shape index (κ3) is 5.80. The van der Waals surface area contributed by atoms with Gasteiger partial charge in [0.25, 0.3) is 0 Å². The molecule has 1 heterocycles. The van der Waals surface area contributed by atoms with Gasteiger partial charge in [0.2, 0.25) is 0 Å². The molecule has 1 aliphatic heterocycles. The summed E-state index contributed by atoms with van der Waals surface area (Å²) in [5.74, 6) is 0. The second-order valence-electron chi connectivity index (χ2n) is 6.96. The maximum absolute atomic E-state index is 12.6. The maximum atomic E-state index is 12.6. The number of ether oxygens (including phenoxy) is 1. The highest BCUT2D eigenvalue weighted by Crippen LogP contribution is 2.14. The van der Waals surface area contributed by atoms with Gasteiger partial charge in [0.15, 0.2) is 0 Å². The molecule has 1 atom stereocenters. The Morgan fingerprint density at radius 1 is 1.25 bits per heavy atom. The lowest BCUT2D eigenvalue weighted by molar-refractivity contribution is 0.0795. The molecule has 5 nitrogen and oxygen atoms in total. The molecule has 0 aliphatic carbocycles. The van der Waals surface area contributed by atoms with Gasteiger partial charge in [-0.15, -0.1) is 0 Å². The fourth-order valence-corrected chi connectivity index (χ4v) is 2.83. The Morgan fingerprint density at radius 2 is 2.04 bits per heavy atom. The summed E-state index contributed by atoms with van der Waals surface area (Å²) in [5, 5.41) is 3.06. The van der Waals surface area contributed by atoms with Crippen molar-refractivity contribution in [2.45, 2.75) is 39.3 Å². The number of carbonyl (C=O) groups is 1. The van der Waals surface area contributed by atoms with Crippen LogP contribution in [0.5, 0.6) is 0 Å². The molecule has 5 heteroatoms. The fraction of sp³-hybridized carbons (Fsp3) is 0.632. The molecule has 1 saturated heterocycles. The molecule has 2 rings (SSSR count). The molecule has 134 valence electrons. The van der Waals surface area contributed by atoms with Crippen LogP contribution in [0, 0.1) is 13.8 Å². The van der Waals surface area contributed by atoms with E-state index in [0.29, 0.717) is 19.6 Å². The number of nitrogens with one attached hydrogen (secondary N) is 1. The summed E-state index contributed by atoms with van der Waals surface area (Å²) < 4.78 is 5.70. The van der Waals surface area contributed by atoms with Crippen LogP contribution < -0.4 is 5.32 Å². The third-order valence-electron chi connectivity index (χ3n) is 4.57. The molecule has 0 bridgehead atoms. The van der Waals surface area contributed by atoms with Gasteiger partial charge in [-0.05, 0) is 57.5 Å². The lowest BCUT2D eigenvalue weighted by Crippen LogP contribution is -2.46. The van der Waals surface area contributed by atoms with Crippen LogP contribution in [0.15, 0.2) is 18.2 Å². The van der Waals surface area contributed by atoms with Gasteiger partial charge in [-0.2, -0.15) is 0 Å². The van der Waals surface area contributed by atoms with E-state index < -0.39 is 0 Å². The first-order valence-electron chi connectivity index (χ1n) is 8.81. The second-order valence-corrected chi connectivity index (χ2v) is 6.96. The highest BCUT2D eigenvalue weighted by atomic mass is 16.5. The van der Waals surface area contributed by atoms with Gasteiger partial charge in [-0.25, -0.2) is 4.79 Å². The molecule has 1 aliphatic rings. The highest BCUT2D eigenvalue weighted by Gasteiger charge is 2.22. The topological polar surface area (TPSA) is 44.8 Å². The van der Waals surface area contributed by atoms with Crippen molar-refractivity contribution in [2.75, 3.05) is 40.3 Å². The Morgan fingerprint density at radius 3 is 2.67 bits per heavy atom. The predicted octanol–water partition coefficient (Wildman–Crippen LogP) is 2.56. The van der Waals surface area contributed by atoms with Crippen molar-refractivity contribution >= 4 is 6.03 Å². The van der Waals surface area contributed by atoms with Crippen LogP contribution in [0.4, 0.5) is 4.79 Å². The quantitative estimate of drug-likeness (QED) is 0.834. The lowest BCUT2D eigenvalue weighted by Gasteiger charge is -2.27. The minimum atomic E-state index is -0.00872. The van der Waals surface area contributed by atoms with Crippen molar-refractivity contribution in [1.82, 2.24) is 15.1 Å². The Kier molecular flexibility index (Phi) is 7.06. The number of rotatable bonds is 7. The Balaban J connectivity index is 1.90. The van der Waals surface area contributed by atoms with Crippen LogP contribution in [0.1, 0.15) is 29.5 Å². The average Bonchev–Trinajstić information content (AvgIpc) is 3.05. The molecule has 1 aromatic rings. The number of likely N-dealkylation sites (N-methyl/N-ethyl adjacent to an activating group) is 1. The average molecular weight is 333 g/mol. The van der Waals surface area contributed by atoms with Crippen LogP contribution in [0.3, 0.4) is 0 Å². The summed E-state index contributed by atoms with van der Waals surface area (Å²) in [5.41, 5.74) is 3.66. The molecule has 24 heavy (non-hydrogen) atoms. The van der Waals surface area contributed by atoms with Crippen LogP contribution in [-0.4, -0.2) is 62.3 Å². The number of amides is 2.